The number of carbonyl (C=O) groups is 2. The zero-order chi connectivity index (χ0) is 35.5. The van der Waals surface area contributed by atoms with Gasteiger partial charge in [0.25, 0.3) is 0 Å². The summed E-state index contributed by atoms with van der Waals surface area (Å²) in [6.45, 7) is 0.521. The van der Waals surface area contributed by atoms with Crippen molar-refractivity contribution < 1.29 is 45.4 Å². The van der Waals surface area contributed by atoms with Crippen LogP contribution in [0.3, 0.4) is 0 Å². The summed E-state index contributed by atoms with van der Waals surface area (Å²) in [4.78, 5) is 40.2. The van der Waals surface area contributed by atoms with Crippen molar-refractivity contribution in [3.8, 4) is 0 Å². The van der Waals surface area contributed by atoms with Crippen LogP contribution in [0.15, 0.2) is 90.0 Å². The molecule has 260 valence electrons. The Labute approximate surface area is 276 Å². The molecule has 1 aliphatic rings. The van der Waals surface area contributed by atoms with Gasteiger partial charge in [0.15, 0.2) is 0 Å². The van der Waals surface area contributed by atoms with Crippen LogP contribution in [-0.4, -0.2) is 45.2 Å². The van der Waals surface area contributed by atoms with Gasteiger partial charge in [-0.1, -0.05) is 60.7 Å². The molecule has 0 radical (unpaired) electrons. The number of nitrogens with zero attached hydrogens (tertiary/aromatic N) is 3. The first kappa shape index (κ1) is 35.4. The van der Waals surface area contributed by atoms with Crippen LogP contribution in [0.4, 0.5) is 31.1 Å². The van der Waals surface area contributed by atoms with Crippen molar-refractivity contribution in [2.75, 3.05) is 13.2 Å². The molecule has 0 saturated carbocycles. The Balaban J connectivity index is 1.57. The first-order valence-electron chi connectivity index (χ1n) is 15.2. The lowest BCUT2D eigenvalue weighted by Gasteiger charge is -2.53. The maximum absolute atomic E-state index is 14.1. The lowest BCUT2D eigenvalue weighted by Crippen LogP contribution is -2.63. The number of hydrogen-bond donors (Lipinski definition) is 1. The molecule has 1 saturated heterocycles. The number of rotatable bonds is 10. The standard InChI is InChI=1S/C34H32F6N4O5/c1-23(25-16-27(33(35,36)37)18-28(17-25)34(38,39)40)49-21-32(26-10-6-3-7-11-26)13-12-31(14-15-45,44-22-41-42-29(44)46)20-43(32)30(47)48-19-24-8-4-2-5-9-24/h2-11,15-18,22-23H,12-14,19-21H2,1H3,(H,42,46)/t23-,31+,32-/m1/s1. The van der Waals surface area contributed by atoms with Crippen molar-refractivity contribution in [3.63, 3.8) is 0 Å². The van der Waals surface area contributed by atoms with Crippen LogP contribution in [0.25, 0.3) is 0 Å². The predicted molar refractivity (Wildman–Crippen MR) is 163 cm³/mol. The summed E-state index contributed by atoms with van der Waals surface area (Å²) in [5.74, 6) is 0. The lowest BCUT2D eigenvalue weighted by atomic mass is 9.73. The molecule has 1 aliphatic heterocycles. The number of benzene rings is 3. The third-order valence-corrected chi connectivity index (χ3v) is 8.89. The van der Waals surface area contributed by atoms with Crippen LogP contribution < -0.4 is 5.69 Å². The van der Waals surface area contributed by atoms with Crippen LogP contribution in [-0.2, 0) is 44.3 Å². The topological polar surface area (TPSA) is 107 Å². The van der Waals surface area contributed by atoms with E-state index in [0.717, 1.165) is 0 Å². The summed E-state index contributed by atoms with van der Waals surface area (Å²) in [7, 11) is 0. The number of nitrogens with one attached hydrogen (secondary N) is 1. The maximum atomic E-state index is 14.1. The van der Waals surface area contributed by atoms with Gasteiger partial charge in [-0.3, -0.25) is 9.47 Å². The second-order valence-corrected chi connectivity index (χ2v) is 11.9. The number of piperidine rings is 1. The molecule has 1 aromatic heterocycles. The van der Waals surface area contributed by atoms with Gasteiger partial charge in [-0.05, 0) is 54.7 Å². The Morgan fingerprint density at radius 1 is 0.959 bits per heavy atom. The molecule has 0 unspecified atom stereocenters. The van der Waals surface area contributed by atoms with Gasteiger partial charge in [0.05, 0.1) is 34.9 Å². The monoisotopic (exact) mass is 690 g/mol. The van der Waals surface area contributed by atoms with Crippen LogP contribution in [0.5, 0.6) is 0 Å². The van der Waals surface area contributed by atoms with E-state index in [9.17, 15) is 40.7 Å². The molecule has 3 aromatic carbocycles. The van der Waals surface area contributed by atoms with Crippen molar-refractivity contribution >= 4 is 12.4 Å². The van der Waals surface area contributed by atoms with Gasteiger partial charge in [0, 0.05) is 13.0 Å². The Kier molecular flexibility index (Phi) is 10.0. The summed E-state index contributed by atoms with van der Waals surface area (Å²) < 4.78 is 95.0. The highest BCUT2D eigenvalue weighted by atomic mass is 19.4. The van der Waals surface area contributed by atoms with Gasteiger partial charge in [-0.15, -0.1) is 0 Å². The van der Waals surface area contributed by atoms with Crippen LogP contribution in [0.2, 0.25) is 0 Å². The average Bonchev–Trinajstić information content (AvgIpc) is 3.53. The van der Waals surface area contributed by atoms with Gasteiger partial charge >= 0.3 is 24.1 Å². The van der Waals surface area contributed by atoms with Crippen LogP contribution >= 0.6 is 0 Å². The average molecular weight is 691 g/mol. The fraction of sp³-hybridized carbons (Fsp3) is 0.353. The maximum Gasteiger partial charge on any atom is 0.416 e. The minimum atomic E-state index is -5.06. The summed E-state index contributed by atoms with van der Waals surface area (Å²) in [6, 6.07) is 18.5. The van der Waals surface area contributed by atoms with E-state index in [1.807, 2.05) is 0 Å². The zero-order valence-electron chi connectivity index (χ0n) is 26.1. The molecule has 9 nitrogen and oxygen atoms in total. The molecule has 1 N–H and O–H groups in total. The molecule has 4 aromatic rings. The van der Waals surface area contributed by atoms with Gasteiger partial charge in [0.1, 0.15) is 19.2 Å². The molecule has 1 amide bonds. The second kappa shape index (κ2) is 13.9. The van der Waals surface area contributed by atoms with Crippen molar-refractivity contribution in [1.82, 2.24) is 19.7 Å². The first-order valence-corrected chi connectivity index (χ1v) is 15.2. The molecular formula is C34H32F6N4O5. The van der Waals surface area contributed by atoms with E-state index in [1.165, 1.54) is 22.7 Å². The van der Waals surface area contributed by atoms with E-state index in [4.69, 9.17) is 9.47 Å². The van der Waals surface area contributed by atoms with Crippen molar-refractivity contribution in [1.29, 1.82) is 0 Å². The van der Waals surface area contributed by atoms with Crippen molar-refractivity contribution in [2.45, 2.75) is 62.3 Å². The van der Waals surface area contributed by atoms with Gasteiger partial charge in [-0.25, -0.2) is 14.7 Å². The number of H-pyrrole nitrogens is 1. The molecule has 5 rings (SSSR count). The fourth-order valence-corrected chi connectivity index (χ4v) is 6.19. The summed E-state index contributed by atoms with van der Waals surface area (Å²) in [5, 5.41) is 6.10. The van der Waals surface area contributed by atoms with E-state index >= 15 is 0 Å². The molecule has 1 fully saturated rings. The molecule has 2 heterocycles. The predicted octanol–water partition coefficient (Wildman–Crippen LogP) is 7.00. The highest BCUT2D eigenvalue weighted by Gasteiger charge is 2.53. The molecule has 0 spiro atoms. The van der Waals surface area contributed by atoms with E-state index in [1.54, 1.807) is 60.7 Å². The van der Waals surface area contributed by atoms with E-state index in [-0.39, 0.29) is 44.0 Å². The Morgan fingerprint density at radius 2 is 1.57 bits per heavy atom. The number of aldehydes is 1. The third-order valence-electron chi connectivity index (χ3n) is 8.89. The number of hydrogen-bond acceptors (Lipinski definition) is 6. The molecule has 15 heteroatoms. The normalized spacial score (nSPS) is 20.5. The number of ether oxygens (including phenoxy) is 2. The molecule has 49 heavy (non-hydrogen) atoms. The zero-order valence-corrected chi connectivity index (χ0v) is 26.1. The summed E-state index contributed by atoms with van der Waals surface area (Å²) >= 11 is 0. The quantitative estimate of drug-likeness (QED) is 0.142. The van der Waals surface area contributed by atoms with Gasteiger partial charge in [-0.2, -0.15) is 31.4 Å². The van der Waals surface area contributed by atoms with E-state index in [2.05, 4.69) is 10.2 Å². The smallest absolute Gasteiger partial charge is 0.416 e. The van der Waals surface area contributed by atoms with E-state index < -0.39 is 59.1 Å². The summed E-state index contributed by atoms with van der Waals surface area (Å²) in [6.07, 6.45) is -10.5. The number of halogens is 6. The highest BCUT2D eigenvalue weighted by molar-refractivity contribution is 5.70. The minimum absolute atomic E-state index is 0.0394. The lowest BCUT2D eigenvalue weighted by molar-refractivity contribution is -0.143. The molecular weight excluding hydrogens is 658 g/mol. The number of alkyl halides is 6. The number of carbonyl (C=O) groups excluding carboxylic acids is 2. The number of aromatic nitrogens is 3. The van der Waals surface area contributed by atoms with Gasteiger partial charge < -0.3 is 14.3 Å². The fourth-order valence-electron chi connectivity index (χ4n) is 6.19. The minimum Gasteiger partial charge on any atom is -0.445 e. The number of amides is 1. The third kappa shape index (κ3) is 7.56. The molecule has 0 aliphatic carbocycles. The SMILES string of the molecule is C[C@@H](OC[C@@]1(c2ccccc2)CC[C@@](CC=O)(n2cn[nH]c2=O)CN1C(=O)OCc1ccccc1)c1cc(C(F)(F)F)cc(C(F)(F)F)c1. The highest BCUT2D eigenvalue weighted by Crippen LogP contribution is 2.46. The van der Waals surface area contributed by atoms with E-state index in [0.29, 0.717) is 29.5 Å². The molecule has 3 atom stereocenters. The van der Waals surface area contributed by atoms with Crippen molar-refractivity contribution in [3.05, 3.63) is 123 Å². The van der Waals surface area contributed by atoms with Crippen LogP contribution in [0.1, 0.15) is 60.1 Å². The van der Waals surface area contributed by atoms with Crippen molar-refractivity contribution in [2.24, 2.45) is 0 Å². The van der Waals surface area contributed by atoms with Gasteiger partial charge in [0.2, 0.25) is 0 Å². The second-order valence-electron chi connectivity index (χ2n) is 11.9. The summed E-state index contributed by atoms with van der Waals surface area (Å²) in [5.41, 5.74) is -5.46. The first-order chi connectivity index (χ1) is 23.2. The number of aromatic amines is 1. The van der Waals surface area contributed by atoms with Crippen LogP contribution in [0, 0.1) is 0 Å². The Morgan fingerprint density at radius 3 is 2.12 bits per heavy atom. The Hall–Kier alpha value is -4.92. The number of likely N-dealkylation sites (tertiary alicyclic amines) is 1. The largest absolute Gasteiger partial charge is 0.445 e. The molecule has 0 bridgehead atoms. The Bertz CT molecular complexity index is 1780.